The summed E-state index contributed by atoms with van der Waals surface area (Å²) < 4.78 is 0.993. The van der Waals surface area contributed by atoms with Crippen molar-refractivity contribution in [2.75, 3.05) is 36.9 Å². The van der Waals surface area contributed by atoms with Crippen LogP contribution in [0, 0.1) is 6.92 Å². The molecule has 2 heterocycles. The first-order chi connectivity index (χ1) is 11.5. The van der Waals surface area contributed by atoms with E-state index >= 15 is 0 Å². The maximum atomic E-state index is 12.2. The first-order valence-electron chi connectivity index (χ1n) is 7.80. The van der Waals surface area contributed by atoms with Crippen LogP contribution in [-0.2, 0) is 4.79 Å². The van der Waals surface area contributed by atoms with Crippen molar-refractivity contribution in [3.8, 4) is 0 Å². The summed E-state index contributed by atoms with van der Waals surface area (Å²) in [6.45, 7) is 4.13. The molecule has 1 aromatic carbocycles. The highest BCUT2D eigenvalue weighted by atomic mass is 79.9. The van der Waals surface area contributed by atoms with E-state index in [1.54, 1.807) is 6.33 Å². The lowest BCUT2D eigenvalue weighted by Gasteiger charge is -2.44. The van der Waals surface area contributed by atoms with E-state index in [1.165, 1.54) is 0 Å². The van der Waals surface area contributed by atoms with E-state index < -0.39 is 0 Å². The van der Waals surface area contributed by atoms with Crippen LogP contribution >= 0.6 is 15.9 Å². The SMILES string of the molecule is Cc1cncnc1N1CC(N(C)CC(=O)Nc2ccc(Br)cc2)C1. The van der Waals surface area contributed by atoms with Crippen molar-refractivity contribution in [3.05, 3.63) is 46.8 Å². The van der Waals surface area contributed by atoms with Gasteiger partial charge in [-0.2, -0.15) is 0 Å². The van der Waals surface area contributed by atoms with Gasteiger partial charge in [0.15, 0.2) is 0 Å². The van der Waals surface area contributed by atoms with Crippen molar-refractivity contribution in [3.63, 3.8) is 0 Å². The highest BCUT2D eigenvalue weighted by Gasteiger charge is 2.32. The van der Waals surface area contributed by atoms with Crippen LogP contribution in [0.15, 0.2) is 41.3 Å². The van der Waals surface area contributed by atoms with Crippen LogP contribution in [0.2, 0.25) is 0 Å². The highest BCUT2D eigenvalue weighted by Crippen LogP contribution is 2.23. The number of rotatable bonds is 5. The number of halogens is 1. The molecule has 0 radical (unpaired) electrons. The van der Waals surface area contributed by atoms with Crippen molar-refractivity contribution < 1.29 is 4.79 Å². The van der Waals surface area contributed by atoms with Gasteiger partial charge >= 0.3 is 0 Å². The van der Waals surface area contributed by atoms with Crippen LogP contribution in [0.25, 0.3) is 0 Å². The van der Waals surface area contributed by atoms with Gasteiger partial charge in [0.1, 0.15) is 12.1 Å². The third kappa shape index (κ3) is 3.91. The molecule has 126 valence electrons. The summed E-state index contributed by atoms with van der Waals surface area (Å²) in [5, 5.41) is 2.92. The third-order valence-electron chi connectivity index (χ3n) is 4.17. The second kappa shape index (κ2) is 7.27. The van der Waals surface area contributed by atoms with Gasteiger partial charge in [-0.1, -0.05) is 15.9 Å². The van der Waals surface area contributed by atoms with E-state index in [4.69, 9.17) is 0 Å². The van der Waals surface area contributed by atoms with E-state index in [2.05, 4.69) is 41.0 Å². The molecule has 0 spiro atoms. The van der Waals surface area contributed by atoms with Crippen molar-refractivity contribution >= 4 is 33.3 Å². The van der Waals surface area contributed by atoms with Gasteiger partial charge in [0.25, 0.3) is 0 Å². The van der Waals surface area contributed by atoms with E-state index in [1.807, 2.05) is 44.4 Å². The summed E-state index contributed by atoms with van der Waals surface area (Å²) >= 11 is 3.38. The number of anilines is 2. The molecule has 1 amide bonds. The molecule has 6 nitrogen and oxygen atoms in total. The molecule has 1 saturated heterocycles. The minimum absolute atomic E-state index is 0.00325. The van der Waals surface area contributed by atoms with Crippen LogP contribution < -0.4 is 10.2 Å². The van der Waals surface area contributed by atoms with E-state index in [9.17, 15) is 4.79 Å². The molecule has 3 rings (SSSR count). The van der Waals surface area contributed by atoms with Crippen molar-refractivity contribution in [1.29, 1.82) is 0 Å². The number of carbonyl (C=O) groups is 1. The zero-order chi connectivity index (χ0) is 17.1. The van der Waals surface area contributed by atoms with Crippen molar-refractivity contribution in [1.82, 2.24) is 14.9 Å². The number of carbonyl (C=O) groups excluding carboxylic acids is 1. The molecule has 0 saturated carbocycles. The van der Waals surface area contributed by atoms with Crippen LogP contribution in [-0.4, -0.2) is 53.5 Å². The highest BCUT2D eigenvalue weighted by molar-refractivity contribution is 9.10. The summed E-state index contributed by atoms with van der Waals surface area (Å²) in [5.74, 6) is 0.977. The summed E-state index contributed by atoms with van der Waals surface area (Å²) in [5.41, 5.74) is 1.88. The first-order valence-corrected chi connectivity index (χ1v) is 8.59. The van der Waals surface area contributed by atoms with Gasteiger partial charge in [0.05, 0.1) is 6.54 Å². The van der Waals surface area contributed by atoms with Gasteiger partial charge in [0.2, 0.25) is 5.91 Å². The fourth-order valence-corrected chi connectivity index (χ4v) is 2.98. The smallest absolute Gasteiger partial charge is 0.238 e. The zero-order valence-electron chi connectivity index (χ0n) is 13.7. The van der Waals surface area contributed by atoms with E-state index in [0.717, 1.165) is 34.6 Å². The molecular weight excluding hydrogens is 370 g/mol. The Morgan fingerprint density at radius 2 is 2.08 bits per heavy atom. The number of amides is 1. The normalized spacial score (nSPS) is 14.6. The lowest BCUT2D eigenvalue weighted by molar-refractivity contribution is -0.117. The molecule has 1 N–H and O–H groups in total. The fourth-order valence-electron chi connectivity index (χ4n) is 2.72. The Morgan fingerprint density at radius 1 is 1.38 bits per heavy atom. The number of nitrogens with one attached hydrogen (secondary N) is 1. The number of aromatic nitrogens is 2. The van der Waals surface area contributed by atoms with Crippen LogP contribution in [0.5, 0.6) is 0 Å². The average Bonchev–Trinajstić information content (AvgIpc) is 2.50. The van der Waals surface area contributed by atoms with E-state index in [-0.39, 0.29) is 5.91 Å². The van der Waals surface area contributed by atoms with Crippen LogP contribution in [0.4, 0.5) is 11.5 Å². The largest absolute Gasteiger partial charge is 0.353 e. The van der Waals surface area contributed by atoms with Gasteiger partial charge in [-0.15, -0.1) is 0 Å². The second-order valence-electron chi connectivity index (χ2n) is 6.06. The van der Waals surface area contributed by atoms with Gasteiger partial charge in [0, 0.05) is 41.1 Å². The summed E-state index contributed by atoms with van der Waals surface area (Å²) in [4.78, 5) is 24.8. The lowest BCUT2D eigenvalue weighted by Crippen LogP contribution is -2.60. The Bertz CT molecular complexity index is 715. The topological polar surface area (TPSA) is 61.4 Å². The van der Waals surface area contributed by atoms with Crippen LogP contribution in [0.1, 0.15) is 5.56 Å². The molecule has 1 aliphatic rings. The number of benzene rings is 1. The monoisotopic (exact) mass is 389 g/mol. The molecule has 24 heavy (non-hydrogen) atoms. The number of aryl methyl sites for hydroxylation is 1. The summed E-state index contributed by atoms with van der Waals surface area (Å²) in [7, 11) is 1.98. The number of nitrogens with zero attached hydrogens (tertiary/aromatic N) is 4. The van der Waals surface area contributed by atoms with Crippen molar-refractivity contribution in [2.24, 2.45) is 0 Å². The zero-order valence-corrected chi connectivity index (χ0v) is 15.3. The van der Waals surface area contributed by atoms with Gasteiger partial charge in [-0.05, 0) is 38.2 Å². The molecule has 0 aliphatic carbocycles. The first kappa shape index (κ1) is 16.9. The molecule has 1 fully saturated rings. The summed E-state index contributed by atoms with van der Waals surface area (Å²) in [6.07, 6.45) is 3.40. The Morgan fingerprint density at radius 3 is 2.75 bits per heavy atom. The Balaban J connectivity index is 1.48. The number of hydrogen-bond acceptors (Lipinski definition) is 5. The predicted molar refractivity (Wildman–Crippen MR) is 98.2 cm³/mol. The second-order valence-corrected chi connectivity index (χ2v) is 6.97. The summed E-state index contributed by atoms with van der Waals surface area (Å²) in [6, 6.07) is 7.94. The molecule has 1 aromatic heterocycles. The lowest BCUT2D eigenvalue weighted by atomic mass is 10.1. The van der Waals surface area contributed by atoms with Gasteiger partial charge in [-0.25, -0.2) is 9.97 Å². The Kier molecular flexibility index (Phi) is 5.11. The van der Waals surface area contributed by atoms with E-state index in [0.29, 0.717) is 12.6 Å². The fraction of sp³-hybridized carbons (Fsp3) is 0.353. The Hall–Kier alpha value is -1.99. The molecule has 0 atom stereocenters. The minimum atomic E-state index is -0.00325. The standard InChI is InChI=1S/C17H20BrN5O/c1-12-7-19-11-20-17(12)23-8-15(9-23)22(2)10-16(24)21-14-5-3-13(18)4-6-14/h3-7,11,15H,8-10H2,1-2H3,(H,21,24). The quantitative estimate of drug-likeness (QED) is 0.849. The van der Waals surface area contributed by atoms with Crippen molar-refractivity contribution in [2.45, 2.75) is 13.0 Å². The third-order valence-corrected chi connectivity index (χ3v) is 4.70. The predicted octanol–water partition coefficient (Wildman–Crippen LogP) is 2.31. The van der Waals surface area contributed by atoms with Gasteiger partial charge in [-0.3, -0.25) is 9.69 Å². The Labute approximate surface area is 150 Å². The minimum Gasteiger partial charge on any atom is -0.353 e. The number of likely N-dealkylation sites (N-methyl/N-ethyl adjacent to an activating group) is 1. The molecular formula is C17H20BrN5O. The maximum Gasteiger partial charge on any atom is 0.238 e. The molecule has 7 heteroatoms. The molecule has 2 aromatic rings. The maximum absolute atomic E-state index is 12.2. The molecule has 0 bridgehead atoms. The number of hydrogen-bond donors (Lipinski definition) is 1. The molecule has 0 unspecified atom stereocenters. The molecule has 1 aliphatic heterocycles. The van der Waals surface area contributed by atoms with Gasteiger partial charge < -0.3 is 10.2 Å². The average molecular weight is 390 g/mol. The van der Waals surface area contributed by atoms with Crippen LogP contribution in [0.3, 0.4) is 0 Å².